The maximum absolute atomic E-state index is 5.67. The first-order chi connectivity index (χ1) is 9.29. The van der Waals surface area contributed by atoms with E-state index >= 15 is 0 Å². The summed E-state index contributed by atoms with van der Waals surface area (Å²) in [5.74, 6) is 0.785. The third kappa shape index (κ3) is 3.33. The molecule has 0 bridgehead atoms. The number of nitrogen functional groups attached to an aromatic ring is 1. The SMILES string of the molecule is Nc1ncc(CN2CCC(Cc3ccccc3)C2)s1. The second-order valence-electron chi connectivity index (χ2n) is 5.24. The molecule has 2 aromatic rings. The zero-order valence-electron chi connectivity index (χ0n) is 11.0. The van der Waals surface area contributed by atoms with Crippen LogP contribution in [0.2, 0.25) is 0 Å². The molecule has 19 heavy (non-hydrogen) atoms. The highest BCUT2D eigenvalue weighted by Crippen LogP contribution is 2.24. The Morgan fingerprint density at radius 2 is 2.16 bits per heavy atom. The van der Waals surface area contributed by atoms with E-state index in [2.05, 4.69) is 40.2 Å². The zero-order valence-corrected chi connectivity index (χ0v) is 11.8. The molecule has 0 spiro atoms. The van der Waals surface area contributed by atoms with Crippen molar-refractivity contribution < 1.29 is 0 Å². The van der Waals surface area contributed by atoms with Gasteiger partial charge >= 0.3 is 0 Å². The zero-order chi connectivity index (χ0) is 13.1. The molecule has 2 N–H and O–H groups in total. The van der Waals surface area contributed by atoms with Crippen LogP contribution >= 0.6 is 11.3 Å². The third-order valence-corrected chi connectivity index (χ3v) is 4.50. The normalized spacial score (nSPS) is 19.9. The standard InChI is InChI=1S/C15H19N3S/c16-15-17-9-14(19-15)11-18-7-6-13(10-18)8-12-4-2-1-3-5-12/h1-5,9,13H,6-8,10-11H2,(H2,16,17). The van der Waals surface area contributed by atoms with Gasteiger partial charge in [-0.05, 0) is 30.9 Å². The average molecular weight is 273 g/mol. The van der Waals surface area contributed by atoms with Gasteiger partial charge in [0.15, 0.2) is 5.13 Å². The summed E-state index contributed by atoms with van der Waals surface area (Å²) in [6.45, 7) is 3.38. The van der Waals surface area contributed by atoms with Crippen molar-refractivity contribution in [3.8, 4) is 0 Å². The van der Waals surface area contributed by atoms with E-state index in [1.807, 2.05) is 6.20 Å². The summed E-state index contributed by atoms with van der Waals surface area (Å²) in [7, 11) is 0. The number of thiazole rings is 1. The molecular formula is C15H19N3S. The molecule has 3 rings (SSSR count). The van der Waals surface area contributed by atoms with E-state index in [9.17, 15) is 0 Å². The van der Waals surface area contributed by atoms with Gasteiger partial charge in [0.1, 0.15) is 0 Å². The minimum atomic E-state index is 0.676. The Labute approximate surface area is 118 Å². The largest absolute Gasteiger partial charge is 0.375 e. The number of hydrogen-bond acceptors (Lipinski definition) is 4. The van der Waals surface area contributed by atoms with E-state index < -0.39 is 0 Å². The van der Waals surface area contributed by atoms with Crippen molar-refractivity contribution in [3.05, 3.63) is 47.0 Å². The summed E-state index contributed by atoms with van der Waals surface area (Å²) < 4.78 is 0. The van der Waals surface area contributed by atoms with Gasteiger partial charge < -0.3 is 5.73 Å². The van der Waals surface area contributed by atoms with Gasteiger partial charge in [-0.2, -0.15) is 0 Å². The molecule has 1 aromatic heterocycles. The van der Waals surface area contributed by atoms with Crippen molar-refractivity contribution in [3.63, 3.8) is 0 Å². The summed E-state index contributed by atoms with van der Waals surface area (Å²) in [6, 6.07) is 10.8. The highest BCUT2D eigenvalue weighted by Gasteiger charge is 2.22. The van der Waals surface area contributed by atoms with E-state index in [-0.39, 0.29) is 0 Å². The van der Waals surface area contributed by atoms with E-state index in [1.165, 1.54) is 36.4 Å². The lowest BCUT2D eigenvalue weighted by molar-refractivity contribution is 0.319. The second kappa shape index (κ2) is 5.72. The van der Waals surface area contributed by atoms with Gasteiger partial charge in [0.2, 0.25) is 0 Å². The lowest BCUT2D eigenvalue weighted by Gasteiger charge is -2.14. The van der Waals surface area contributed by atoms with Crippen molar-refractivity contribution in [2.75, 3.05) is 18.8 Å². The van der Waals surface area contributed by atoms with Crippen LogP contribution in [-0.2, 0) is 13.0 Å². The molecule has 3 nitrogen and oxygen atoms in total. The van der Waals surface area contributed by atoms with E-state index in [0.717, 1.165) is 12.5 Å². The number of aromatic nitrogens is 1. The van der Waals surface area contributed by atoms with E-state index in [0.29, 0.717) is 5.13 Å². The Hall–Kier alpha value is -1.39. The molecule has 1 fully saturated rings. The summed E-state index contributed by atoms with van der Waals surface area (Å²) in [4.78, 5) is 7.91. The lowest BCUT2D eigenvalue weighted by Crippen LogP contribution is -2.20. The summed E-state index contributed by atoms with van der Waals surface area (Å²) in [5.41, 5.74) is 7.13. The molecule has 1 aliphatic heterocycles. The van der Waals surface area contributed by atoms with Gasteiger partial charge in [0, 0.05) is 24.2 Å². The first-order valence-electron chi connectivity index (χ1n) is 6.76. The van der Waals surface area contributed by atoms with Gasteiger partial charge in [0.05, 0.1) is 0 Å². The predicted octanol–water partition coefficient (Wildman–Crippen LogP) is 2.79. The van der Waals surface area contributed by atoms with Gasteiger partial charge in [-0.25, -0.2) is 4.98 Å². The highest BCUT2D eigenvalue weighted by molar-refractivity contribution is 7.15. The molecule has 2 heterocycles. The van der Waals surface area contributed by atoms with Crippen LogP contribution in [0.15, 0.2) is 36.5 Å². The molecule has 100 valence electrons. The van der Waals surface area contributed by atoms with Crippen LogP contribution in [0.4, 0.5) is 5.13 Å². The molecule has 1 unspecified atom stereocenters. The minimum Gasteiger partial charge on any atom is -0.375 e. The van der Waals surface area contributed by atoms with Crippen LogP contribution in [0.5, 0.6) is 0 Å². The molecule has 4 heteroatoms. The minimum absolute atomic E-state index is 0.676. The maximum atomic E-state index is 5.67. The Bertz CT molecular complexity index is 523. The van der Waals surface area contributed by atoms with E-state index in [1.54, 1.807) is 11.3 Å². The first-order valence-corrected chi connectivity index (χ1v) is 7.58. The summed E-state index contributed by atoms with van der Waals surface area (Å²) in [6.07, 6.45) is 4.40. The molecule has 0 radical (unpaired) electrons. The van der Waals surface area contributed by atoms with Crippen LogP contribution in [0.1, 0.15) is 16.9 Å². The molecule has 0 amide bonds. The summed E-state index contributed by atoms with van der Waals surface area (Å²) in [5, 5.41) is 0.676. The van der Waals surface area contributed by atoms with Gasteiger partial charge in [-0.3, -0.25) is 4.90 Å². The Morgan fingerprint density at radius 1 is 1.32 bits per heavy atom. The Balaban J connectivity index is 1.53. The van der Waals surface area contributed by atoms with Crippen molar-refractivity contribution in [2.45, 2.75) is 19.4 Å². The molecule has 1 aromatic carbocycles. The fraction of sp³-hybridized carbons (Fsp3) is 0.400. The highest BCUT2D eigenvalue weighted by atomic mass is 32.1. The van der Waals surface area contributed by atoms with Gasteiger partial charge in [-0.1, -0.05) is 30.3 Å². The fourth-order valence-corrected chi connectivity index (χ4v) is 3.51. The molecule has 1 aliphatic rings. The Morgan fingerprint density at radius 3 is 2.89 bits per heavy atom. The van der Waals surface area contributed by atoms with Crippen LogP contribution in [0, 0.1) is 5.92 Å². The van der Waals surface area contributed by atoms with Crippen LogP contribution in [-0.4, -0.2) is 23.0 Å². The predicted molar refractivity (Wildman–Crippen MR) is 80.1 cm³/mol. The number of rotatable bonds is 4. The fourth-order valence-electron chi connectivity index (χ4n) is 2.79. The lowest BCUT2D eigenvalue weighted by atomic mass is 9.99. The number of anilines is 1. The maximum Gasteiger partial charge on any atom is 0.180 e. The van der Waals surface area contributed by atoms with Crippen molar-refractivity contribution >= 4 is 16.5 Å². The average Bonchev–Trinajstić information content (AvgIpc) is 3.01. The number of hydrogen-bond donors (Lipinski definition) is 1. The van der Waals surface area contributed by atoms with Gasteiger partial charge in [0.25, 0.3) is 0 Å². The van der Waals surface area contributed by atoms with Gasteiger partial charge in [-0.15, -0.1) is 11.3 Å². The quantitative estimate of drug-likeness (QED) is 0.931. The number of nitrogens with two attached hydrogens (primary N) is 1. The molecule has 1 saturated heterocycles. The summed E-state index contributed by atoms with van der Waals surface area (Å²) >= 11 is 1.60. The Kier molecular flexibility index (Phi) is 3.80. The topological polar surface area (TPSA) is 42.1 Å². The first kappa shape index (κ1) is 12.6. The molecular weight excluding hydrogens is 254 g/mol. The van der Waals surface area contributed by atoms with Crippen molar-refractivity contribution in [1.82, 2.24) is 9.88 Å². The molecule has 0 aliphatic carbocycles. The second-order valence-corrected chi connectivity index (χ2v) is 6.39. The van der Waals surface area contributed by atoms with Crippen LogP contribution < -0.4 is 5.73 Å². The monoisotopic (exact) mass is 273 g/mol. The van der Waals surface area contributed by atoms with Crippen LogP contribution in [0.3, 0.4) is 0 Å². The number of likely N-dealkylation sites (tertiary alicyclic amines) is 1. The van der Waals surface area contributed by atoms with Crippen molar-refractivity contribution in [2.24, 2.45) is 5.92 Å². The number of benzene rings is 1. The molecule has 1 atom stereocenters. The van der Waals surface area contributed by atoms with Crippen molar-refractivity contribution in [1.29, 1.82) is 0 Å². The van der Waals surface area contributed by atoms with Crippen LogP contribution in [0.25, 0.3) is 0 Å². The van der Waals surface area contributed by atoms with E-state index in [4.69, 9.17) is 5.73 Å². The third-order valence-electron chi connectivity index (χ3n) is 3.69. The smallest absolute Gasteiger partial charge is 0.180 e. The molecule has 0 saturated carbocycles. The number of nitrogens with zero attached hydrogens (tertiary/aromatic N) is 2.